The van der Waals surface area contributed by atoms with Crippen LogP contribution >= 0.6 is 0 Å². The first-order valence-corrected chi connectivity index (χ1v) is 10.8. The van der Waals surface area contributed by atoms with Gasteiger partial charge in [-0.25, -0.2) is 4.68 Å². The van der Waals surface area contributed by atoms with Crippen molar-refractivity contribution in [3.63, 3.8) is 0 Å². The number of ether oxygens (including phenoxy) is 1. The normalized spacial score (nSPS) is 14.5. The Morgan fingerprint density at radius 1 is 0.812 bits per heavy atom. The maximum atomic E-state index is 6.05. The molecule has 0 N–H and O–H groups in total. The molecular weight excluding hydrogens is 400 g/mol. The van der Waals surface area contributed by atoms with E-state index in [9.17, 15) is 0 Å². The second-order valence-corrected chi connectivity index (χ2v) is 8.00. The van der Waals surface area contributed by atoms with E-state index >= 15 is 0 Å². The molecule has 7 nitrogen and oxygen atoms in total. The maximum absolute atomic E-state index is 6.05. The summed E-state index contributed by atoms with van der Waals surface area (Å²) < 4.78 is 7.95. The minimum atomic E-state index is 0.461. The van der Waals surface area contributed by atoms with E-state index in [1.165, 1.54) is 5.69 Å². The van der Waals surface area contributed by atoms with Crippen LogP contribution in [-0.2, 0) is 6.61 Å². The number of hydrogen-bond acceptors (Lipinski definition) is 6. The van der Waals surface area contributed by atoms with Gasteiger partial charge < -0.3 is 14.5 Å². The average molecular weight is 427 g/mol. The van der Waals surface area contributed by atoms with Crippen LogP contribution in [0.15, 0.2) is 79.6 Å². The number of benzene rings is 1. The van der Waals surface area contributed by atoms with Crippen molar-refractivity contribution in [2.45, 2.75) is 6.61 Å². The number of aromatic nitrogens is 4. The van der Waals surface area contributed by atoms with Gasteiger partial charge in [0, 0.05) is 67.8 Å². The fraction of sp³-hybridized carbons (Fsp3) is 0.240. The summed E-state index contributed by atoms with van der Waals surface area (Å²) >= 11 is 0. The highest BCUT2D eigenvalue weighted by atomic mass is 16.5. The van der Waals surface area contributed by atoms with E-state index in [0.29, 0.717) is 6.61 Å². The van der Waals surface area contributed by atoms with Gasteiger partial charge in [0.25, 0.3) is 0 Å². The Morgan fingerprint density at radius 3 is 2.31 bits per heavy atom. The SMILES string of the molecule is CN1CCN(c2ccc(-n3cc(-c4ccncc4OCc4ccncc4)cn3)cc2)CC1. The van der Waals surface area contributed by atoms with E-state index in [0.717, 1.165) is 54.3 Å². The van der Waals surface area contributed by atoms with Crippen LogP contribution in [0.25, 0.3) is 16.8 Å². The minimum absolute atomic E-state index is 0.461. The monoisotopic (exact) mass is 426 g/mol. The van der Waals surface area contributed by atoms with Gasteiger partial charge in [-0.3, -0.25) is 9.97 Å². The van der Waals surface area contributed by atoms with Crippen molar-refractivity contribution in [1.82, 2.24) is 24.6 Å². The van der Waals surface area contributed by atoms with E-state index in [1.54, 1.807) is 24.8 Å². The Labute approximate surface area is 187 Å². The predicted octanol–water partition coefficient (Wildman–Crippen LogP) is 3.66. The number of nitrogens with zero attached hydrogens (tertiary/aromatic N) is 6. The van der Waals surface area contributed by atoms with Crippen molar-refractivity contribution in [3.05, 3.63) is 85.2 Å². The van der Waals surface area contributed by atoms with Crippen LogP contribution in [0, 0.1) is 0 Å². The molecule has 0 bridgehead atoms. The van der Waals surface area contributed by atoms with Crippen molar-refractivity contribution in [2.24, 2.45) is 0 Å². The predicted molar refractivity (Wildman–Crippen MR) is 125 cm³/mol. The van der Waals surface area contributed by atoms with Gasteiger partial charge in [-0.2, -0.15) is 5.10 Å². The highest BCUT2D eigenvalue weighted by Gasteiger charge is 2.15. The van der Waals surface area contributed by atoms with Gasteiger partial charge in [-0.05, 0) is 55.1 Å². The number of anilines is 1. The van der Waals surface area contributed by atoms with Crippen molar-refractivity contribution < 1.29 is 4.74 Å². The average Bonchev–Trinajstić information content (AvgIpc) is 3.34. The van der Waals surface area contributed by atoms with Crippen molar-refractivity contribution in [2.75, 3.05) is 38.1 Å². The largest absolute Gasteiger partial charge is 0.487 e. The Bertz CT molecular complexity index is 1150. The Morgan fingerprint density at radius 2 is 1.53 bits per heavy atom. The van der Waals surface area contributed by atoms with E-state index in [-0.39, 0.29) is 0 Å². The van der Waals surface area contributed by atoms with E-state index in [1.807, 2.05) is 35.3 Å². The number of hydrogen-bond donors (Lipinski definition) is 0. The molecule has 0 amide bonds. The van der Waals surface area contributed by atoms with Crippen LogP contribution in [0.4, 0.5) is 5.69 Å². The first kappa shape index (κ1) is 20.2. The van der Waals surface area contributed by atoms with Crippen molar-refractivity contribution in [1.29, 1.82) is 0 Å². The fourth-order valence-electron chi connectivity index (χ4n) is 3.86. The van der Waals surface area contributed by atoms with Gasteiger partial charge in [0.15, 0.2) is 0 Å². The second kappa shape index (κ2) is 9.20. The molecule has 32 heavy (non-hydrogen) atoms. The molecule has 7 heteroatoms. The smallest absolute Gasteiger partial charge is 0.146 e. The molecular formula is C25H26N6O. The van der Waals surface area contributed by atoms with Crippen LogP contribution in [0.1, 0.15) is 5.56 Å². The van der Waals surface area contributed by atoms with Gasteiger partial charge in [-0.15, -0.1) is 0 Å². The van der Waals surface area contributed by atoms with Gasteiger partial charge in [0.1, 0.15) is 12.4 Å². The number of pyridine rings is 2. The van der Waals surface area contributed by atoms with E-state index in [4.69, 9.17) is 4.74 Å². The third-order valence-corrected chi connectivity index (χ3v) is 5.80. The summed E-state index contributed by atoms with van der Waals surface area (Å²) in [5.41, 5.74) is 5.30. The Kier molecular flexibility index (Phi) is 5.81. The molecule has 0 spiro atoms. The summed E-state index contributed by atoms with van der Waals surface area (Å²) in [4.78, 5) is 13.1. The Hall–Kier alpha value is -3.71. The highest BCUT2D eigenvalue weighted by Crippen LogP contribution is 2.30. The highest BCUT2D eigenvalue weighted by molar-refractivity contribution is 5.69. The number of piperazine rings is 1. The molecule has 1 saturated heterocycles. The molecule has 0 radical (unpaired) electrons. The summed E-state index contributed by atoms with van der Waals surface area (Å²) in [7, 11) is 2.17. The van der Waals surface area contributed by atoms with Crippen LogP contribution in [0.2, 0.25) is 0 Å². The molecule has 4 aromatic rings. The summed E-state index contributed by atoms with van der Waals surface area (Å²) in [6.07, 6.45) is 10.9. The zero-order chi connectivity index (χ0) is 21.8. The molecule has 162 valence electrons. The van der Waals surface area contributed by atoms with E-state index < -0.39 is 0 Å². The number of rotatable bonds is 6. The topological polar surface area (TPSA) is 59.3 Å². The first-order valence-electron chi connectivity index (χ1n) is 10.8. The van der Waals surface area contributed by atoms with Crippen molar-refractivity contribution in [3.8, 4) is 22.6 Å². The van der Waals surface area contributed by atoms with Gasteiger partial charge >= 0.3 is 0 Å². The molecule has 4 heterocycles. The summed E-state index contributed by atoms with van der Waals surface area (Å²) in [5, 5.41) is 4.59. The van der Waals surface area contributed by atoms with Gasteiger partial charge in [-0.1, -0.05) is 0 Å². The molecule has 0 atom stereocenters. The first-order chi connectivity index (χ1) is 15.8. The van der Waals surface area contributed by atoms with Crippen molar-refractivity contribution >= 4 is 5.69 Å². The van der Waals surface area contributed by atoms with Crippen LogP contribution in [0.5, 0.6) is 5.75 Å². The lowest BCUT2D eigenvalue weighted by Crippen LogP contribution is -2.44. The molecule has 1 aliphatic heterocycles. The zero-order valence-electron chi connectivity index (χ0n) is 18.1. The lowest BCUT2D eigenvalue weighted by molar-refractivity contribution is 0.306. The third kappa shape index (κ3) is 4.48. The lowest BCUT2D eigenvalue weighted by Gasteiger charge is -2.34. The standard InChI is InChI=1S/C25H26N6O/c1-29-12-14-30(15-13-29)22-2-4-23(5-3-22)31-18-21(16-28-31)24-8-11-27-17-25(24)32-19-20-6-9-26-10-7-20/h2-11,16-18H,12-15,19H2,1H3. The van der Waals surface area contributed by atoms with Crippen LogP contribution < -0.4 is 9.64 Å². The van der Waals surface area contributed by atoms with Crippen LogP contribution in [0.3, 0.4) is 0 Å². The number of likely N-dealkylation sites (N-methyl/N-ethyl adjacent to an activating group) is 1. The van der Waals surface area contributed by atoms with Crippen LogP contribution in [-0.4, -0.2) is 57.9 Å². The summed E-state index contributed by atoms with van der Waals surface area (Å²) in [6.45, 7) is 4.78. The lowest BCUT2D eigenvalue weighted by atomic mass is 10.1. The van der Waals surface area contributed by atoms with Gasteiger partial charge in [0.2, 0.25) is 0 Å². The molecule has 0 unspecified atom stereocenters. The molecule has 3 aromatic heterocycles. The maximum Gasteiger partial charge on any atom is 0.146 e. The quantitative estimate of drug-likeness (QED) is 0.469. The molecule has 1 fully saturated rings. The molecule has 0 aliphatic carbocycles. The fourth-order valence-corrected chi connectivity index (χ4v) is 3.86. The molecule has 1 aromatic carbocycles. The van der Waals surface area contributed by atoms with E-state index in [2.05, 4.69) is 56.2 Å². The summed E-state index contributed by atoms with van der Waals surface area (Å²) in [5.74, 6) is 0.731. The third-order valence-electron chi connectivity index (χ3n) is 5.80. The van der Waals surface area contributed by atoms with Gasteiger partial charge in [0.05, 0.1) is 18.1 Å². The second-order valence-electron chi connectivity index (χ2n) is 8.00. The molecule has 1 aliphatic rings. The Balaban J connectivity index is 1.32. The minimum Gasteiger partial charge on any atom is -0.487 e. The molecule has 0 saturated carbocycles. The summed E-state index contributed by atoms with van der Waals surface area (Å²) in [6, 6.07) is 14.4. The zero-order valence-corrected chi connectivity index (χ0v) is 18.1. The molecule has 5 rings (SSSR count).